The van der Waals surface area contributed by atoms with Crippen LogP contribution < -0.4 is 4.72 Å². The normalized spacial score (nSPS) is 15.6. The van der Waals surface area contributed by atoms with Crippen molar-refractivity contribution in [2.75, 3.05) is 0 Å². The van der Waals surface area contributed by atoms with E-state index >= 15 is 0 Å². The number of aliphatic hydroxyl groups excluding tert-OH is 1. The quantitative estimate of drug-likeness (QED) is 0.503. The Balaban J connectivity index is 2.92. The van der Waals surface area contributed by atoms with E-state index < -0.39 is 28.1 Å². The number of aromatic nitrogens is 2. The van der Waals surface area contributed by atoms with Crippen LogP contribution in [0, 0.1) is 0 Å². The van der Waals surface area contributed by atoms with Gasteiger partial charge in [0.15, 0.2) is 0 Å². The Hall–Kier alpha value is -1.45. The lowest BCUT2D eigenvalue weighted by Crippen LogP contribution is -2.47. The second-order valence-corrected chi connectivity index (χ2v) is 4.83. The maximum absolute atomic E-state index is 11.6. The number of nitrogens with zero attached hydrogens (tertiary/aromatic N) is 1. The Labute approximate surface area is 91.3 Å². The van der Waals surface area contributed by atoms with Gasteiger partial charge in [0.25, 0.3) is 0 Å². The molecule has 0 bridgehead atoms. The molecule has 0 aliphatic carbocycles. The van der Waals surface area contributed by atoms with Crippen LogP contribution in [-0.4, -0.2) is 46.9 Å². The molecule has 2 atom stereocenters. The highest BCUT2D eigenvalue weighted by molar-refractivity contribution is 7.89. The smallest absolute Gasteiger partial charge is 0.324 e. The van der Waals surface area contributed by atoms with Crippen LogP contribution in [-0.2, 0) is 14.8 Å². The number of aliphatic carboxylic acids is 1. The molecule has 0 saturated carbocycles. The van der Waals surface area contributed by atoms with Gasteiger partial charge in [0.05, 0.1) is 12.3 Å². The first-order valence-electron chi connectivity index (χ1n) is 4.26. The van der Waals surface area contributed by atoms with Crippen LogP contribution >= 0.6 is 0 Å². The SMILES string of the molecule is C[C@@H](O)[C@H](NS(=O)(=O)c1cn[nH]c1)C(=O)O. The van der Waals surface area contributed by atoms with Gasteiger partial charge in [0.1, 0.15) is 10.9 Å². The summed E-state index contributed by atoms with van der Waals surface area (Å²) in [6.07, 6.45) is 0.784. The Morgan fingerprint density at radius 1 is 1.62 bits per heavy atom. The Bertz CT molecular complexity index is 452. The number of hydrogen-bond donors (Lipinski definition) is 4. The molecule has 1 heterocycles. The minimum atomic E-state index is -3.99. The van der Waals surface area contributed by atoms with Gasteiger partial charge in [-0.05, 0) is 6.92 Å². The first kappa shape index (κ1) is 12.6. The largest absolute Gasteiger partial charge is 0.480 e. The molecule has 0 aliphatic heterocycles. The van der Waals surface area contributed by atoms with Gasteiger partial charge in [-0.1, -0.05) is 0 Å². The number of aromatic amines is 1. The summed E-state index contributed by atoms with van der Waals surface area (Å²) in [4.78, 5) is 10.5. The Kier molecular flexibility index (Phi) is 3.62. The summed E-state index contributed by atoms with van der Waals surface area (Å²) in [5, 5.41) is 23.5. The molecule has 0 aromatic carbocycles. The fourth-order valence-electron chi connectivity index (χ4n) is 0.976. The van der Waals surface area contributed by atoms with Gasteiger partial charge in [0.2, 0.25) is 10.0 Å². The van der Waals surface area contributed by atoms with E-state index in [1.54, 1.807) is 0 Å². The van der Waals surface area contributed by atoms with Crippen molar-refractivity contribution in [3.8, 4) is 0 Å². The fraction of sp³-hybridized carbons (Fsp3) is 0.429. The summed E-state index contributed by atoms with van der Waals surface area (Å²) in [6, 6.07) is -1.60. The van der Waals surface area contributed by atoms with Gasteiger partial charge in [0, 0.05) is 6.20 Å². The number of carboxylic acids is 1. The van der Waals surface area contributed by atoms with Crippen molar-refractivity contribution in [1.82, 2.24) is 14.9 Å². The molecule has 16 heavy (non-hydrogen) atoms. The number of hydrogen-bond acceptors (Lipinski definition) is 5. The number of H-pyrrole nitrogens is 1. The molecule has 90 valence electrons. The van der Waals surface area contributed by atoms with E-state index in [0.29, 0.717) is 0 Å². The van der Waals surface area contributed by atoms with E-state index in [4.69, 9.17) is 10.2 Å². The van der Waals surface area contributed by atoms with Gasteiger partial charge in [-0.25, -0.2) is 8.42 Å². The predicted octanol–water partition coefficient (Wildman–Crippen LogP) is -1.48. The number of rotatable bonds is 5. The van der Waals surface area contributed by atoms with Crippen molar-refractivity contribution in [3.05, 3.63) is 12.4 Å². The number of carboxylic acid groups (broad SMARTS) is 1. The van der Waals surface area contributed by atoms with Crippen LogP contribution in [0.5, 0.6) is 0 Å². The third kappa shape index (κ3) is 2.78. The van der Waals surface area contributed by atoms with Gasteiger partial charge in [-0.15, -0.1) is 0 Å². The fourth-order valence-corrected chi connectivity index (χ4v) is 2.14. The molecule has 8 nitrogen and oxygen atoms in total. The Morgan fingerprint density at radius 2 is 2.25 bits per heavy atom. The van der Waals surface area contributed by atoms with Gasteiger partial charge >= 0.3 is 5.97 Å². The molecule has 0 amide bonds. The number of carbonyl (C=O) groups is 1. The van der Waals surface area contributed by atoms with Crippen molar-refractivity contribution in [3.63, 3.8) is 0 Å². The lowest BCUT2D eigenvalue weighted by molar-refractivity contribution is -0.141. The molecule has 0 spiro atoms. The Morgan fingerprint density at radius 3 is 2.62 bits per heavy atom. The summed E-state index contributed by atoms with van der Waals surface area (Å²) in [6.45, 7) is 1.18. The molecule has 0 radical (unpaired) electrons. The maximum Gasteiger partial charge on any atom is 0.324 e. The molecule has 1 rings (SSSR count). The average Bonchev–Trinajstić information content (AvgIpc) is 2.66. The van der Waals surface area contributed by atoms with E-state index in [9.17, 15) is 13.2 Å². The lowest BCUT2D eigenvalue weighted by atomic mass is 10.2. The van der Waals surface area contributed by atoms with Crippen molar-refractivity contribution in [2.24, 2.45) is 0 Å². The minimum absolute atomic E-state index is 0.195. The molecular weight excluding hydrogens is 238 g/mol. The topological polar surface area (TPSA) is 132 Å². The third-order valence-electron chi connectivity index (χ3n) is 1.81. The monoisotopic (exact) mass is 249 g/mol. The predicted molar refractivity (Wildman–Crippen MR) is 52.0 cm³/mol. The first-order valence-corrected chi connectivity index (χ1v) is 5.75. The van der Waals surface area contributed by atoms with Crippen LogP contribution in [0.3, 0.4) is 0 Å². The second kappa shape index (κ2) is 4.60. The summed E-state index contributed by atoms with van der Waals surface area (Å²) in [5.41, 5.74) is 0. The van der Waals surface area contributed by atoms with Crippen LogP contribution in [0.15, 0.2) is 17.3 Å². The summed E-state index contributed by atoms with van der Waals surface area (Å²) in [7, 11) is -3.99. The highest BCUT2D eigenvalue weighted by Crippen LogP contribution is 2.07. The van der Waals surface area contributed by atoms with Gasteiger partial charge in [-0.3, -0.25) is 9.89 Å². The van der Waals surface area contributed by atoms with Crippen molar-refractivity contribution < 1.29 is 23.4 Å². The third-order valence-corrected chi connectivity index (χ3v) is 3.22. The molecule has 0 saturated heterocycles. The van der Waals surface area contributed by atoms with Crippen molar-refractivity contribution in [1.29, 1.82) is 0 Å². The summed E-state index contributed by atoms with van der Waals surface area (Å²) < 4.78 is 25.0. The van der Waals surface area contributed by atoms with E-state index in [1.807, 2.05) is 4.72 Å². The number of sulfonamides is 1. The van der Waals surface area contributed by atoms with Gasteiger partial charge < -0.3 is 10.2 Å². The van der Waals surface area contributed by atoms with Crippen LogP contribution in [0.2, 0.25) is 0 Å². The molecule has 0 unspecified atom stereocenters. The zero-order chi connectivity index (χ0) is 12.3. The maximum atomic E-state index is 11.6. The molecule has 1 aromatic heterocycles. The molecule has 4 N–H and O–H groups in total. The lowest BCUT2D eigenvalue weighted by Gasteiger charge is -2.16. The zero-order valence-corrected chi connectivity index (χ0v) is 9.10. The molecule has 1 aromatic rings. The highest BCUT2D eigenvalue weighted by Gasteiger charge is 2.29. The minimum Gasteiger partial charge on any atom is -0.480 e. The molecule has 9 heteroatoms. The molecular formula is C7H11N3O5S. The number of nitrogens with one attached hydrogen (secondary N) is 2. The highest BCUT2D eigenvalue weighted by atomic mass is 32.2. The molecule has 0 aliphatic rings. The average molecular weight is 249 g/mol. The summed E-state index contributed by atoms with van der Waals surface area (Å²) >= 11 is 0. The van der Waals surface area contributed by atoms with Crippen LogP contribution in [0.25, 0.3) is 0 Å². The van der Waals surface area contributed by atoms with Crippen LogP contribution in [0.1, 0.15) is 6.92 Å². The zero-order valence-electron chi connectivity index (χ0n) is 8.28. The number of aliphatic hydroxyl groups is 1. The standard InChI is InChI=1S/C7H11N3O5S/c1-4(11)6(7(12)13)10-16(14,15)5-2-8-9-3-5/h2-4,6,10-11H,1H3,(H,8,9)(H,12,13)/t4-,6+/m1/s1. The van der Waals surface area contributed by atoms with Crippen molar-refractivity contribution in [2.45, 2.75) is 24.0 Å². The summed E-state index contributed by atoms with van der Waals surface area (Å²) in [5.74, 6) is -1.46. The van der Waals surface area contributed by atoms with E-state index in [0.717, 1.165) is 12.4 Å². The first-order chi connectivity index (χ1) is 7.34. The van der Waals surface area contributed by atoms with E-state index in [-0.39, 0.29) is 4.90 Å². The van der Waals surface area contributed by atoms with E-state index in [1.165, 1.54) is 6.92 Å². The second-order valence-electron chi connectivity index (χ2n) is 3.11. The van der Waals surface area contributed by atoms with E-state index in [2.05, 4.69) is 10.2 Å². The van der Waals surface area contributed by atoms with Gasteiger partial charge in [-0.2, -0.15) is 9.82 Å². The van der Waals surface area contributed by atoms with Crippen molar-refractivity contribution >= 4 is 16.0 Å². The molecule has 0 fully saturated rings. The van der Waals surface area contributed by atoms with Crippen LogP contribution in [0.4, 0.5) is 0 Å².